The third-order valence-electron chi connectivity index (χ3n) is 7.21. The van der Waals surface area contributed by atoms with Crippen LogP contribution in [0.1, 0.15) is 68.2 Å². The van der Waals surface area contributed by atoms with Gasteiger partial charge in [-0.2, -0.15) is 5.10 Å². The normalized spacial score (nSPS) is 17.1. The van der Waals surface area contributed by atoms with Crippen molar-refractivity contribution >= 4 is 24.6 Å². The summed E-state index contributed by atoms with van der Waals surface area (Å²) in [6.07, 6.45) is 0.724. The summed E-state index contributed by atoms with van der Waals surface area (Å²) in [7, 11) is -1.72. The molecule has 2 atom stereocenters. The molecule has 10 nitrogen and oxygen atoms in total. The summed E-state index contributed by atoms with van der Waals surface area (Å²) < 4.78 is 1.69. The van der Waals surface area contributed by atoms with Crippen LogP contribution in [0.25, 0.3) is 11.3 Å². The van der Waals surface area contributed by atoms with Gasteiger partial charge in [0.25, 0.3) is 11.8 Å². The minimum atomic E-state index is -1.72. The lowest BCUT2D eigenvalue weighted by atomic mass is 9.74. The van der Waals surface area contributed by atoms with E-state index in [1.165, 1.54) is 0 Å². The van der Waals surface area contributed by atoms with Gasteiger partial charge < -0.3 is 25.5 Å². The maximum atomic E-state index is 13.7. The van der Waals surface area contributed by atoms with Crippen LogP contribution in [0.15, 0.2) is 65.8 Å². The Kier molecular flexibility index (Phi) is 9.85. The van der Waals surface area contributed by atoms with Crippen LogP contribution in [0.4, 0.5) is 0 Å². The second kappa shape index (κ2) is 13.3. The van der Waals surface area contributed by atoms with Crippen LogP contribution in [-0.2, 0) is 16.1 Å². The lowest BCUT2D eigenvalue weighted by Gasteiger charge is -2.29. The highest BCUT2D eigenvalue weighted by molar-refractivity contribution is 6.43. The molecule has 2 heterocycles. The third-order valence-corrected chi connectivity index (χ3v) is 7.21. The molecule has 1 unspecified atom stereocenters. The predicted molar refractivity (Wildman–Crippen MR) is 163 cm³/mol. The number of nitrogens with one attached hydrogen (secondary N) is 2. The van der Waals surface area contributed by atoms with E-state index < -0.39 is 24.6 Å². The molecular formula is C31H40BN5O5. The summed E-state index contributed by atoms with van der Waals surface area (Å²) in [6.45, 7) is 9.84. The van der Waals surface area contributed by atoms with E-state index in [1.807, 2.05) is 89.2 Å². The Morgan fingerprint density at radius 3 is 2.45 bits per heavy atom. The van der Waals surface area contributed by atoms with Crippen molar-refractivity contribution in [1.29, 1.82) is 0 Å². The Hall–Kier alpha value is -3.96. The van der Waals surface area contributed by atoms with Crippen LogP contribution < -0.4 is 10.6 Å². The van der Waals surface area contributed by atoms with Gasteiger partial charge in [0, 0.05) is 24.4 Å². The van der Waals surface area contributed by atoms with E-state index in [1.54, 1.807) is 10.7 Å². The quantitative estimate of drug-likeness (QED) is 0.245. The maximum Gasteiger partial charge on any atom is 0.475 e. The Morgan fingerprint density at radius 2 is 1.81 bits per heavy atom. The highest BCUT2D eigenvalue weighted by Crippen LogP contribution is 2.30. The number of nitrogens with zero attached hydrogens (tertiary/aromatic N) is 3. The molecule has 3 aromatic rings. The smallest absolute Gasteiger partial charge is 0.426 e. The molecule has 1 aliphatic rings. The Bertz CT molecular complexity index is 1420. The Balaban J connectivity index is 1.51. The van der Waals surface area contributed by atoms with Gasteiger partial charge in [0.15, 0.2) is 0 Å². The lowest BCUT2D eigenvalue weighted by molar-refractivity contribution is -0.144. The average Bonchev–Trinajstić information content (AvgIpc) is 3.57. The number of hydrogen-bond acceptors (Lipinski definition) is 7. The van der Waals surface area contributed by atoms with E-state index in [-0.39, 0.29) is 37.3 Å². The number of amides is 2. The summed E-state index contributed by atoms with van der Waals surface area (Å²) in [6, 6.07) is 19.2. The second-order valence-corrected chi connectivity index (χ2v) is 11.7. The Labute approximate surface area is 247 Å². The van der Waals surface area contributed by atoms with E-state index in [0.717, 1.165) is 16.7 Å². The van der Waals surface area contributed by atoms with Crippen LogP contribution in [-0.4, -0.2) is 62.6 Å². The SMILES string of the molecule is Cc1cccc(CC2(C(=O)N[C@@H](CC(C)C)B(O)O)CC(CNC(=O)c3cc(-c4ccccc4)nn3C(C)C)=NO2)c1. The van der Waals surface area contributed by atoms with Gasteiger partial charge in [-0.15, -0.1) is 0 Å². The van der Waals surface area contributed by atoms with Gasteiger partial charge in [-0.3, -0.25) is 14.3 Å². The number of aryl methyl sites for hydroxylation is 1. The van der Waals surface area contributed by atoms with E-state index >= 15 is 0 Å². The standard InChI is InChI=1S/C31H40BN5O5/c1-20(2)14-28(32(40)41)34-30(39)31(17-23-11-9-10-22(5)15-23)18-25(36-42-31)19-33-29(38)27-16-26(35-37(27)21(3)4)24-12-7-6-8-13-24/h6-13,15-16,20-21,28,40-41H,14,17-19H2,1-5H3,(H,33,38)(H,34,39)/t28-,31?/m0/s1. The minimum Gasteiger partial charge on any atom is -0.426 e. The first-order chi connectivity index (χ1) is 20.0. The number of carbonyl (C=O) groups is 2. The van der Waals surface area contributed by atoms with Crippen LogP contribution in [0.5, 0.6) is 0 Å². The van der Waals surface area contributed by atoms with Crippen molar-refractivity contribution < 1.29 is 24.5 Å². The molecule has 4 rings (SSSR count). The van der Waals surface area contributed by atoms with Gasteiger partial charge in [0.05, 0.1) is 23.9 Å². The minimum absolute atomic E-state index is 0.0401. The fraction of sp³-hybridized carbons (Fsp3) is 0.419. The molecule has 11 heteroatoms. The van der Waals surface area contributed by atoms with Gasteiger partial charge in [0.2, 0.25) is 5.60 Å². The van der Waals surface area contributed by atoms with E-state index in [4.69, 9.17) is 4.84 Å². The number of oxime groups is 1. The van der Waals surface area contributed by atoms with Crippen LogP contribution >= 0.6 is 0 Å². The third kappa shape index (κ3) is 7.46. The topological polar surface area (TPSA) is 138 Å². The van der Waals surface area contributed by atoms with Gasteiger partial charge in [-0.1, -0.05) is 79.2 Å². The summed E-state index contributed by atoms with van der Waals surface area (Å²) in [5.41, 5.74) is 3.04. The summed E-state index contributed by atoms with van der Waals surface area (Å²) in [5, 5.41) is 34.4. The molecule has 0 fully saturated rings. The molecule has 2 aromatic carbocycles. The summed E-state index contributed by atoms with van der Waals surface area (Å²) >= 11 is 0. The van der Waals surface area contributed by atoms with Gasteiger partial charge in [-0.05, 0) is 44.7 Å². The highest BCUT2D eigenvalue weighted by Gasteiger charge is 2.48. The molecule has 0 saturated carbocycles. The second-order valence-electron chi connectivity index (χ2n) is 11.7. The molecule has 42 heavy (non-hydrogen) atoms. The maximum absolute atomic E-state index is 13.7. The monoisotopic (exact) mass is 573 g/mol. The van der Waals surface area contributed by atoms with Crippen molar-refractivity contribution in [2.24, 2.45) is 11.1 Å². The molecular weight excluding hydrogens is 533 g/mol. The zero-order valence-electron chi connectivity index (χ0n) is 24.9. The van der Waals surface area contributed by atoms with Crippen LogP contribution in [0.2, 0.25) is 0 Å². The van der Waals surface area contributed by atoms with Gasteiger partial charge >= 0.3 is 7.12 Å². The van der Waals surface area contributed by atoms with Crippen molar-refractivity contribution in [3.05, 3.63) is 77.5 Å². The first-order valence-corrected chi connectivity index (χ1v) is 14.4. The van der Waals surface area contributed by atoms with Gasteiger partial charge in [-0.25, -0.2) is 0 Å². The molecule has 1 aliphatic heterocycles. The summed E-state index contributed by atoms with van der Waals surface area (Å²) in [4.78, 5) is 32.9. The fourth-order valence-electron chi connectivity index (χ4n) is 5.13. The van der Waals surface area contributed by atoms with Gasteiger partial charge in [0.1, 0.15) is 5.69 Å². The highest BCUT2D eigenvalue weighted by atomic mass is 16.7. The molecule has 222 valence electrons. The number of benzene rings is 2. The van der Waals surface area contributed by atoms with E-state index in [2.05, 4.69) is 20.9 Å². The fourth-order valence-corrected chi connectivity index (χ4v) is 5.13. The van der Waals surface area contributed by atoms with Crippen molar-refractivity contribution in [3.63, 3.8) is 0 Å². The van der Waals surface area contributed by atoms with Crippen molar-refractivity contribution in [1.82, 2.24) is 20.4 Å². The first-order valence-electron chi connectivity index (χ1n) is 14.4. The van der Waals surface area contributed by atoms with Crippen LogP contribution in [0, 0.1) is 12.8 Å². The number of rotatable bonds is 12. The number of carbonyl (C=O) groups excluding carboxylic acids is 2. The lowest BCUT2D eigenvalue weighted by Crippen LogP contribution is -2.56. The average molecular weight is 574 g/mol. The molecule has 2 amide bonds. The Morgan fingerprint density at radius 1 is 1.07 bits per heavy atom. The first kappa shape index (κ1) is 31.0. The molecule has 0 radical (unpaired) electrons. The van der Waals surface area contributed by atoms with E-state index in [9.17, 15) is 19.6 Å². The molecule has 0 aliphatic carbocycles. The molecule has 0 bridgehead atoms. The number of hydrogen-bond donors (Lipinski definition) is 4. The van der Waals surface area contributed by atoms with Crippen molar-refractivity contribution in [3.8, 4) is 11.3 Å². The van der Waals surface area contributed by atoms with Crippen molar-refractivity contribution in [2.45, 2.75) is 71.5 Å². The zero-order chi connectivity index (χ0) is 30.4. The van der Waals surface area contributed by atoms with Crippen LogP contribution in [0.3, 0.4) is 0 Å². The largest absolute Gasteiger partial charge is 0.475 e. The number of aromatic nitrogens is 2. The molecule has 4 N–H and O–H groups in total. The van der Waals surface area contributed by atoms with Crippen molar-refractivity contribution in [2.75, 3.05) is 6.54 Å². The van der Waals surface area contributed by atoms with E-state index in [0.29, 0.717) is 23.5 Å². The molecule has 0 saturated heterocycles. The summed E-state index contributed by atoms with van der Waals surface area (Å²) in [5.74, 6) is -1.55. The zero-order valence-corrected chi connectivity index (χ0v) is 24.9. The predicted octanol–water partition coefficient (Wildman–Crippen LogP) is 3.47. The molecule has 1 aromatic heterocycles. The molecule has 0 spiro atoms.